The zero-order valence-electron chi connectivity index (χ0n) is 23.5. The van der Waals surface area contributed by atoms with Crippen LogP contribution in [0, 0.1) is 0 Å². The fourth-order valence-electron chi connectivity index (χ4n) is 4.73. The lowest BCUT2D eigenvalue weighted by atomic mass is 9.89. The smallest absolute Gasteiger partial charge is 0.333 e. The number of carbonyl (C=O) groups is 1. The largest absolute Gasteiger partial charge is 0.508 e. The molecule has 1 aromatic heterocycles. The molecule has 0 radical (unpaired) electrons. The van der Waals surface area contributed by atoms with Gasteiger partial charge in [-0.3, -0.25) is 4.79 Å². The van der Waals surface area contributed by atoms with Crippen LogP contribution in [0.2, 0.25) is 0 Å². The molecule has 2 aromatic carbocycles. The van der Waals surface area contributed by atoms with Crippen LogP contribution in [0.15, 0.2) is 69.9 Å². The molecular formula is C31H34O12. The molecule has 43 heavy (non-hydrogen) atoms. The van der Waals surface area contributed by atoms with Crippen LogP contribution in [-0.2, 0) is 14.3 Å². The highest BCUT2D eigenvalue weighted by atomic mass is 16.6. The quantitative estimate of drug-likeness (QED) is 0.108. The average molecular weight is 599 g/mol. The first kappa shape index (κ1) is 31.7. The van der Waals surface area contributed by atoms with Crippen molar-refractivity contribution in [1.29, 1.82) is 0 Å². The Balaban J connectivity index is 1.65. The highest BCUT2D eigenvalue weighted by molar-refractivity contribution is 5.90. The summed E-state index contributed by atoms with van der Waals surface area (Å²) in [5.41, 5.74) is -1.88. The predicted molar refractivity (Wildman–Crippen MR) is 153 cm³/mol. The highest BCUT2D eigenvalue weighted by Crippen LogP contribution is 2.43. The van der Waals surface area contributed by atoms with Crippen molar-refractivity contribution < 1.29 is 54.4 Å². The fraction of sp³-hybridized carbons (Fsp3) is 0.355. The molecule has 4 rings (SSSR count). The number of allylic oxidation sites excluding steroid dienone is 1. The zero-order chi connectivity index (χ0) is 31.6. The minimum atomic E-state index is -1.84. The van der Waals surface area contributed by atoms with Gasteiger partial charge in [-0.2, -0.15) is 0 Å². The van der Waals surface area contributed by atoms with Crippen molar-refractivity contribution in [3.05, 3.63) is 76.5 Å². The Hall–Kier alpha value is -4.20. The van der Waals surface area contributed by atoms with Gasteiger partial charge in [-0.1, -0.05) is 12.2 Å². The number of aliphatic hydroxyl groups excluding tert-OH is 3. The van der Waals surface area contributed by atoms with Gasteiger partial charge in [-0.15, -0.1) is 6.58 Å². The summed E-state index contributed by atoms with van der Waals surface area (Å²) in [5, 5.41) is 72.7. The number of hydrogen-bond acceptors (Lipinski definition) is 12. The van der Waals surface area contributed by atoms with Crippen LogP contribution in [0.1, 0.15) is 38.4 Å². The first-order valence-electron chi connectivity index (χ1n) is 13.5. The van der Waals surface area contributed by atoms with Gasteiger partial charge in [0.1, 0.15) is 65.5 Å². The van der Waals surface area contributed by atoms with Crippen molar-refractivity contribution in [3.63, 3.8) is 0 Å². The summed E-state index contributed by atoms with van der Waals surface area (Å²) in [7, 11) is 0. The van der Waals surface area contributed by atoms with Crippen LogP contribution >= 0.6 is 0 Å². The predicted octanol–water partition coefficient (Wildman–Crippen LogP) is 2.31. The summed E-state index contributed by atoms with van der Waals surface area (Å²) in [4.78, 5) is 25.6. The number of phenolic OH excluding ortho intramolecular Hbond substituents is 3. The molecule has 0 bridgehead atoms. The standard InChI is InChI=1S/C31H34O12/c1-4-31(3,40)11-5-6-15(2)30(39)41-14-22-25(36)26(37)27(38)29(43-22)24-19(34)12-18(33)23-20(35)13-21(42-28(23)24)16-7-9-17(32)10-8-16/h4,6-10,12-13,22,25-27,29,32-34,36-38,40H,1,5,11,14H2,2-3H3/b15-6+/t22-,25-,26+,27-,29+,31-/m1/s1. The van der Waals surface area contributed by atoms with Crippen molar-refractivity contribution in [2.45, 2.75) is 62.8 Å². The van der Waals surface area contributed by atoms with Gasteiger partial charge in [0, 0.05) is 23.3 Å². The molecule has 2 heterocycles. The molecular weight excluding hydrogens is 564 g/mol. The monoisotopic (exact) mass is 598 g/mol. The molecule has 3 aromatic rings. The molecule has 0 spiro atoms. The maximum absolute atomic E-state index is 13.0. The molecule has 1 aliphatic rings. The first-order chi connectivity index (χ1) is 20.2. The van der Waals surface area contributed by atoms with Crippen molar-refractivity contribution in [3.8, 4) is 28.6 Å². The number of fused-ring (bicyclic) bond motifs is 1. The van der Waals surface area contributed by atoms with Gasteiger partial charge in [0.2, 0.25) is 0 Å². The Morgan fingerprint density at radius 3 is 2.37 bits per heavy atom. The van der Waals surface area contributed by atoms with E-state index < -0.39 is 65.6 Å². The molecule has 1 aliphatic heterocycles. The molecule has 0 aliphatic carbocycles. The average Bonchev–Trinajstić information content (AvgIpc) is 2.96. The Morgan fingerprint density at radius 2 is 1.72 bits per heavy atom. The molecule has 0 unspecified atom stereocenters. The van der Waals surface area contributed by atoms with Gasteiger partial charge in [-0.25, -0.2) is 4.79 Å². The second-order valence-corrected chi connectivity index (χ2v) is 10.7. The van der Waals surface area contributed by atoms with Crippen LogP contribution in [0.5, 0.6) is 17.2 Å². The molecule has 12 heteroatoms. The normalized spacial score (nSPS) is 24.0. The second kappa shape index (κ2) is 12.6. The van der Waals surface area contributed by atoms with E-state index in [-0.39, 0.29) is 33.6 Å². The van der Waals surface area contributed by atoms with E-state index in [1.165, 1.54) is 37.3 Å². The van der Waals surface area contributed by atoms with E-state index >= 15 is 0 Å². The Labute approximate surface area is 246 Å². The van der Waals surface area contributed by atoms with Gasteiger partial charge in [-0.05, 0) is 51.0 Å². The Bertz CT molecular complexity index is 1590. The Morgan fingerprint density at radius 1 is 1.05 bits per heavy atom. The number of hydrogen-bond donors (Lipinski definition) is 7. The number of phenols is 3. The number of ether oxygens (including phenoxy) is 2. The van der Waals surface area contributed by atoms with Gasteiger partial charge in [0.05, 0.1) is 11.2 Å². The topological polar surface area (TPSA) is 207 Å². The molecule has 230 valence electrons. The minimum absolute atomic E-state index is 0.00280. The molecule has 0 amide bonds. The number of aliphatic hydroxyl groups is 4. The lowest BCUT2D eigenvalue weighted by Gasteiger charge is -2.40. The first-order valence-corrected chi connectivity index (χ1v) is 13.5. The van der Waals surface area contributed by atoms with Crippen LogP contribution in [-0.4, -0.2) is 78.3 Å². The summed E-state index contributed by atoms with van der Waals surface area (Å²) in [6.45, 7) is 6.06. The molecule has 1 saturated heterocycles. The van der Waals surface area contributed by atoms with Crippen LogP contribution in [0.25, 0.3) is 22.3 Å². The van der Waals surface area contributed by atoms with E-state index in [0.717, 1.165) is 12.1 Å². The minimum Gasteiger partial charge on any atom is -0.508 e. The van der Waals surface area contributed by atoms with E-state index in [9.17, 15) is 45.3 Å². The third-order valence-corrected chi connectivity index (χ3v) is 7.39. The lowest BCUT2D eigenvalue weighted by molar-refractivity contribution is -0.234. The third kappa shape index (κ3) is 6.74. The van der Waals surface area contributed by atoms with E-state index in [1.54, 1.807) is 13.0 Å². The van der Waals surface area contributed by atoms with Crippen molar-refractivity contribution in [1.82, 2.24) is 0 Å². The van der Waals surface area contributed by atoms with Crippen LogP contribution < -0.4 is 5.43 Å². The van der Waals surface area contributed by atoms with E-state index in [1.807, 2.05) is 0 Å². The van der Waals surface area contributed by atoms with Crippen molar-refractivity contribution in [2.24, 2.45) is 0 Å². The van der Waals surface area contributed by atoms with Gasteiger partial charge in [0.15, 0.2) is 11.0 Å². The summed E-state index contributed by atoms with van der Waals surface area (Å²) in [5.74, 6) is -2.05. The molecule has 1 fully saturated rings. The van der Waals surface area contributed by atoms with Gasteiger partial charge in [0.25, 0.3) is 0 Å². The fourth-order valence-corrected chi connectivity index (χ4v) is 4.73. The Kier molecular flexibility index (Phi) is 9.28. The SMILES string of the molecule is C=C[C@@](C)(O)CC/C=C(\C)C(=O)OC[C@H]1O[C@@H](c2c(O)cc(O)c3c(=O)cc(-c4ccc(O)cc4)oc23)[C@H](O)[C@@H](O)[C@@H]1O. The van der Waals surface area contributed by atoms with Crippen molar-refractivity contribution in [2.75, 3.05) is 6.61 Å². The van der Waals surface area contributed by atoms with E-state index in [4.69, 9.17) is 13.9 Å². The van der Waals surface area contributed by atoms with Crippen LogP contribution in [0.3, 0.4) is 0 Å². The van der Waals surface area contributed by atoms with Gasteiger partial charge >= 0.3 is 5.97 Å². The number of esters is 1. The van der Waals surface area contributed by atoms with Crippen molar-refractivity contribution >= 4 is 16.9 Å². The second-order valence-electron chi connectivity index (χ2n) is 10.7. The molecule has 0 saturated carbocycles. The zero-order valence-corrected chi connectivity index (χ0v) is 23.5. The molecule has 7 N–H and O–H groups in total. The highest BCUT2D eigenvalue weighted by Gasteiger charge is 2.46. The number of rotatable bonds is 9. The molecule has 12 nitrogen and oxygen atoms in total. The lowest BCUT2D eigenvalue weighted by Crippen LogP contribution is -2.55. The summed E-state index contributed by atoms with van der Waals surface area (Å²) >= 11 is 0. The maximum atomic E-state index is 13.0. The van der Waals surface area contributed by atoms with E-state index in [0.29, 0.717) is 18.4 Å². The summed E-state index contributed by atoms with van der Waals surface area (Å²) < 4.78 is 17.0. The number of aromatic hydroxyl groups is 3. The van der Waals surface area contributed by atoms with E-state index in [2.05, 4.69) is 6.58 Å². The maximum Gasteiger partial charge on any atom is 0.333 e. The summed E-state index contributed by atoms with van der Waals surface area (Å²) in [6.07, 6.45) is -4.78. The van der Waals surface area contributed by atoms with Gasteiger partial charge < -0.3 is 49.6 Å². The van der Waals surface area contributed by atoms with Crippen LogP contribution in [0.4, 0.5) is 0 Å². The molecule has 6 atom stereocenters. The number of benzene rings is 2. The number of carbonyl (C=O) groups excluding carboxylic acids is 1. The third-order valence-electron chi connectivity index (χ3n) is 7.39. The summed E-state index contributed by atoms with van der Waals surface area (Å²) in [6, 6.07) is 7.62.